The van der Waals surface area contributed by atoms with E-state index >= 15 is 0 Å². The van der Waals surface area contributed by atoms with Crippen molar-refractivity contribution in [2.24, 2.45) is 0 Å². The van der Waals surface area contributed by atoms with Crippen molar-refractivity contribution >= 4 is 5.91 Å². The minimum Gasteiger partial charge on any atom is -0.394 e. The number of carbonyl (C=O) groups is 1. The van der Waals surface area contributed by atoms with E-state index in [-0.39, 0.29) is 19.1 Å². The average Bonchev–Trinajstić information content (AvgIpc) is 2.06. The van der Waals surface area contributed by atoms with Crippen LogP contribution in [0.15, 0.2) is 0 Å². The molecule has 0 bridgehead atoms. The molecule has 0 heterocycles. The third-order valence-corrected chi connectivity index (χ3v) is 1.10. The first kappa shape index (κ1) is 14.9. The van der Waals surface area contributed by atoms with Gasteiger partial charge in [0, 0.05) is 21.0 Å². The maximum atomic E-state index is 10.1. The van der Waals surface area contributed by atoms with Gasteiger partial charge in [-0.3, -0.25) is 4.79 Å². The summed E-state index contributed by atoms with van der Waals surface area (Å²) >= 11 is 0. The monoisotopic (exact) mass is 193 g/mol. The SMILES string of the molecule is CC(=O)N(C)C.OCCOCCO. The summed E-state index contributed by atoms with van der Waals surface area (Å²) in [4.78, 5) is 11.6. The molecule has 5 heteroatoms. The van der Waals surface area contributed by atoms with Crippen molar-refractivity contribution in [2.75, 3.05) is 40.5 Å². The van der Waals surface area contributed by atoms with Gasteiger partial charge in [0.25, 0.3) is 0 Å². The molecule has 0 unspecified atom stereocenters. The van der Waals surface area contributed by atoms with Crippen molar-refractivity contribution in [3.05, 3.63) is 0 Å². The van der Waals surface area contributed by atoms with E-state index in [1.165, 1.54) is 11.8 Å². The summed E-state index contributed by atoms with van der Waals surface area (Å²) in [5.74, 6) is 0.0926. The Labute approximate surface area is 78.9 Å². The van der Waals surface area contributed by atoms with Crippen LogP contribution in [0.4, 0.5) is 0 Å². The molecular formula is C8H19NO4. The predicted molar refractivity (Wildman–Crippen MR) is 49.4 cm³/mol. The van der Waals surface area contributed by atoms with Crippen molar-refractivity contribution in [3.8, 4) is 0 Å². The van der Waals surface area contributed by atoms with Crippen LogP contribution in [0.5, 0.6) is 0 Å². The van der Waals surface area contributed by atoms with E-state index in [1.54, 1.807) is 14.1 Å². The zero-order chi connectivity index (χ0) is 10.7. The summed E-state index contributed by atoms with van der Waals surface area (Å²) in [7, 11) is 3.45. The quantitative estimate of drug-likeness (QED) is 0.567. The van der Waals surface area contributed by atoms with E-state index in [4.69, 9.17) is 10.2 Å². The third-order valence-electron chi connectivity index (χ3n) is 1.10. The van der Waals surface area contributed by atoms with Gasteiger partial charge < -0.3 is 19.8 Å². The number of hydrogen-bond donors (Lipinski definition) is 2. The molecule has 80 valence electrons. The molecular weight excluding hydrogens is 174 g/mol. The lowest BCUT2D eigenvalue weighted by Crippen LogP contribution is -2.17. The summed E-state index contributed by atoms with van der Waals surface area (Å²) in [6.07, 6.45) is 0. The largest absolute Gasteiger partial charge is 0.394 e. The number of carbonyl (C=O) groups excluding carboxylic acids is 1. The van der Waals surface area contributed by atoms with Gasteiger partial charge in [-0.2, -0.15) is 0 Å². The second-order valence-corrected chi connectivity index (χ2v) is 2.47. The van der Waals surface area contributed by atoms with Crippen LogP contribution in [0.25, 0.3) is 0 Å². The Morgan fingerprint density at radius 1 is 1.23 bits per heavy atom. The lowest BCUT2D eigenvalue weighted by Gasteiger charge is -2.02. The standard InChI is InChI=1S/C4H9NO.C4H10O3/c1-4(6)5(2)3;5-1-3-7-4-2-6/h1-3H3;5-6H,1-4H2. The van der Waals surface area contributed by atoms with Gasteiger partial charge >= 0.3 is 0 Å². The molecule has 0 saturated carbocycles. The van der Waals surface area contributed by atoms with Gasteiger partial charge in [-0.15, -0.1) is 0 Å². The van der Waals surface area contributed by atoms with Crippen LogP contribution in [0.3, 0.4) is 0 Å². The second-order valence-electron chi connectivity index (χ2n) is 2.47. The number of aliphatic hydroxyl groups excluding tert-OH is 2. The van der Waals surface area contributed by atoms with Crippen LogP contribution in [0.2, 0.25) is 0 Å². The smallest absolute Gasteiger partial charge is 0.218 e. The Morgan fingerprint density at radius 2 is 1.54 bits per heavy atom. The third kappa shape index (κ3) is 18.4. The molecule has 0 fully saturated rings. The second kappa shape index (κ2) is 11.4. The zero-order valence-corrected chi connectivity index (χ0v) is 8.49. The summed E-state index contributed by atoms with van der Waals surface area (Å²) < 4.78 is 4.63. The number of ether oxygens (including phenoxy) is 1. The molecule has 0 aliphatic rings. The fraction of sp³-hybridized carbons (Fsp3) is 0.875. The highest BCUT2D eigenvalue weighted by molar-refractivity contribution is 5.72. The van der Waals surface area contributed by atoms with Gasteiger partial charge in [0.05, 0.1) is 26.4 Å². The predicted octanol–water partition coefficient (Wildman–Crippen LogP) is -0.918. The Balaban J connectivity index is 0. The highest BCUT2D eigenvalue weighted by Crippen LogP contribution is 1.69. The van der Waals surface area contributed by atoms with E-state index in [1.807, 2.05) is 0 Å². The van der Waals surface area contributed by atoms with E-state index in [0.29, 0.717) is 13.2 Å². The maximum Gasteiger partial charge on any atom is 0.218 e. The van der Waals surface area contributed by atoms with Crippen LogP contribution in [-0.2, 0) is 9.53 Å². The molecule has 0 atom stereocenters. The minimum atomic E-state index is 0.0278. The molecule has 13 heavy (non-hydrogen) atoms. The van der Waals surface area contributed by atoms with Gasteiger partial charge in [0.1, 0.15) is 0 Å². The number of hydrogen-bond acceptors (Lipinski definition) is 4. The lowest BCUT2D eigenvalue weighted by atomic mass is 10.7. The van der Waals surface area contributed by atoms with Gasteiger partial charge in [-0.25, -0.2) is 0 Å². The maximum absolute atomic E-state index is 10.1. The molecule has 2 N–H and O–H groups in total. The van der Waals surface area contributed by atoms with Crippen LogP contribution < -0.4 is 0 Å². The van der Waals surface area contributed by atoms with Crippen molar-refractivity contribution in [1.82, 2.24) is 4.90 Å². The van der Waals surface area contributed by atoms with Crippen molar-refractivity contribution < 1.29 is 19.7 Å². The van der Waals surface area contributed by atoms with Gasteiger partial charge in [-0.05, 0) is 0 Å². The Kier molecular flexibility index (Phi) is 13.0. The average molecular weight is 193 g/mol. The first-order valence-electron chi connectivity index (χ1n) is 4.03. The van der Waals surface area contributed by atoms with Crippen LogP contribution in [0, 0.1) is 0 Å². The number of amides is 1. The van der Waals surface area contributed by atoms with Crippen molar-refractivity contribution in [3.63, 3.8) is 0 Å². The summed E-state index contributed by atoms with van der Waals surface area (Å²) in [6.45, 7) is 2.22. The zero-order valence-electron chi connectivity index (χ0n) is 8.49. The van der Waals surface area contributed by atoms with E-state index in [2.05, 4.69) is 4.74 Å². The van der Waals surface area contributed by atoms with Gasteiger partial charge in [0.2, 0.25) is 5.91 Å². The normalized spacial score (nSPS) is 8.69. The van der Waals surface area contributed by atoms with Crippen LogP contribution >= 0.6 is 0 Å². The van der Waals surface area contributed by atoms with Crippen LogP contribution in [0.1, 0.15) is 6.92 Å². The summed E-state index contributed by atoms with van der Waals surface area (Å²) in [5, 5.41) is 16.2. The molecule has 0 rings (SSSR count). The molecule has 5 nitrogen and oxygen atoms in total. The lowest BCUT2D eigenvalue weighted by molar-refractivity contribution is -0.126. The summed E-state index contributed by atoms with van der Waals surface area (Å²) in [5.41, 5.74) is 0. The molecule has 0 saturated heterocycles. The summed E-state index contributed by atoms with van der Waals surface area (Å²) in [6, 6.07) is 0. The first-order chi connectivity index (χ1) is 6.06. The Bertz CT molecular complexity index is 113. The number of nitrogens with zero attached hydrogens (tertiary/aromatic N) is 1. The number of aliphatic hydroxyl groups is 2. The molecule has 0 aliphatic carbocycles. The first-order valence-corrected chi connectivity index (χ1v) is 4.03. The fourth-order valence-corrected chi connectivity index (χ4v) is 0.231. The van der Waals surface area contributed by atoms with Crippen molar-refractivity contribution in [2.45, 2.75) is 6.92 Å². The van der Waals surface area contributed by atoms with Crippen LogP contribution in [-0.4, -0.2) is 61.5 Å². The molecule has 0 aliphatic heterocycles. The van der Waals surface area contributed by atoms with Gasteiger partial charge in [0.15, 0.2) is 0 Å². The molecule has 0 aromatic carbocycles. The van der Waals surface area contributed by atoms with E-state index in [0.717, 1.165) is 0 Å². The highest BCUT2D eigenvalue weighted by atomic mass is 16.5. The van der Waals surface area contributed by atoms with E-state index < -0.39 is 0 Å². The highest BCUT2D eigenvalue weighted by Gasteiger charge is 1.87. The van der Waals surface area contributed by atoms with Gasteiger partial charge in [-0.1, -0.05) is 0 Å². The molecule has 0 spiro atoms. The molecule has 0 aromatic heterocycles. The number of rotatable bonds is 4. The molecule has 0 aromatic rings. The van der Waals surface area contributed by atoms with Crippen molar-refractivity contribution in [1.29, 1.82) is 0 Å². The minimum absolute atomic E-state index is 0.0278. The Hall–Kier alpha value is -0.650. The van der Waals surface area contributed by atoms with E-state index in [9.17, 15) is 4.79 Å². The fourth-order valence-electron chi connectivity index (χ4n) is 0.231. The molecule has 0 radical (unpaired) electrons. The molecule has 1 amide bonds. The topological polar surface area (TPSA) is 70.0 Å². The Morgan fingerprint density at radius 3 is 1.69 bits per heavy atom.